The van der Waals surface area contributed by atoms with Gasteiger partial charge < -0.3 is 40.2 Å². The number of carbonyl (C=O) groups excluding carboxylic acids is 4. The van der Waals surface area contributed by atoms with Crippen LogP contribution >= 0.6 is 0 Å². The summed E-state index contributed by atoms with van der Waals surface area (Å²) in [4.78, 5) is 45.7. The Kier molecular flexibility index (Phi) is 13.7. The summed E-state index contributed by atoms with van der Waals surface area (Å²) in [5.74, 6) is -2.39. The number of hydrogen-bond acceptors (Lipinski definition) is 10. The first-order chi connectivity index (χ1) is 19.2. The minimum atomic E-state index is -1.47. The van der Waals surface area contributed by atoms with Gasteiger partial charge in [-0.05, 0) is 11.1 Å². The fraction of sp³-hybridized carbons (Fsp3) is 0.429. The molecule has 12 nitrogen and oxygen atoms in total. The molecule has 0 spiro atoms. The molecule has 1 fully saturated rings. The summed E-state index contributed by atoms with van der Waals surface area (Å²) in [6.07, 6.45) is -5.50. The van der Waals surface area contributed by atoms with E-state index in [0.29, 0.717) is 13.1 Å². The number of esters is 1. The number of carbonyl (C=O) groups is 4. The van der Waals surface area contributed by atoms with Gasteiger partial charge in [-0.2, -0.15) is 0 Å². The molecule has 0 radical (unpaired) electrons. The van der Waals surface area contributed by atoms with Crippen molar-refractivity contribution < 1.29 is 48.7 Å². The summed E-state index contributed by atoms with van der Waals surface area (Å²) >= 11 is 0. The second-order valence-corrected chi connectivity index (χ2v) is 9.14. The third kappa shape index (κ3) is 10.7. The lowest BCUT2D eigenvalue weighted by molar-refractivity contribution is -0.203. The highest BCUT2D eigenvalue weighted by Gasteiger charge is 2.45. The predicted molar refractivity (Wildman–Crippen MR) is 141 cm³/mol. The van der Waals surface area contributed by atoms with Crippen LogP contribution in [0.2, 0.25) is 0 Å². The molecule has 1 aliphatic heterocycles. The number of nitrogens with one attached hydrogen (secondary N) is 2. The monoisotopic (exact) mass is 560 g/mol. The van der Waals surface area contributed by atoms with Crippen molar-refractivity contribution >= 4 is 24.3 Å². The van der Waals surface area contributed by atoms with E-state index in [1.54, 1.807) is 0 Å². The van der Waals surface area contributed by atoms with E-state index in [1.807, 2.05) is 60.7 Å². The van der Waals surface area contributed by atoms with Crippen molar-refractivity contribution in [2.45, 2.75) is 64.1 Å². The molecular formula is C28H36N2O10. The maximum absolute atomic E-state index is 12.4. The second-order valence-electron chi connectivity index (χ2n) is 9.14. The zero-order valence-corrected chi connectivity index (χ0v) is 22.3. The average Bonchev–Trinajstić information content (AvgIpc) is 2.95. The molecule has 1 saturated heterocycles. The number of rotatable bonds is 11. The van der Waals surface area contributed by atoms with Crippen LogP contribution in [0, 0.1) is 5.92 Å². The van der Waals surface area contributed by atoms with Crippen LogP contribution in [-0.2, 0) is 46.6 Å². The molecule has 3 rings (SSSR count). The quantitative estimate of drug-likeness (QED) is 0.188. The minimum Gasteiger partial charge on any atom is -0.463 e. The molecule has 218 valence electrons. The molecule has 1 heterocycles. The Morgan fingerprint density at radius 2 is 1.52 bits per heavy atom. The Morgan fingerprint density at radius 1 is 0.950 bits per heavy atom. The summed E-state index contributed by atoms with van der Waals surface area (Å²) in [6, 6.07) is 17.5. The molecule has 0 aromatic heterocycles. The van der Waals surface area contributed by atoms with Crippen LogP contribution in [0.1, 0.15) is 31.4 Å². The Balaban J connectivity index is 0.000000469. The van der Waals surface area contributed by atoms with Gasteiger partial charge in [-0.25, -0.2) is 0 Å². The molecule has 0 saturated carbocycles. The topological polar surface area (TPSA) is 181 Å². The molecule has 5 N–H and O–H groups in total. The van der Waals surface area contributed by atoms with Crippen molar-refractivity contribution in [2.75, 3.05) is 6.61 Å². The van der Waals surface area contributed by atoms with Crippen LogP contribution in [0.25, 0.3) is 0 Å². The van der Waals surface area contributed by atoms with E-state index in [1.165, 1.54) is 13.8 Å². The Hall–Kier alpha value is -3.84. The zero-order chi connectivity index (χ0) is 29.5. The van der Waals surface area contributed by atoms with E-state index in [2.05, 4.69) is 15.4 Å². The third-order valence-corrected chi connectivity index (χ3v) is 5.88. The Labute approximate surface area is 232 Å². The van der Waals surface area contributed by atoms with Gasteiger partial charge in [0.15, 0.2) is 6.23 Å². The van der Waals surface area contributed by atoms with Crippen LogP contribution in [-0.4, -0.2) is 76.8 Å². The van der Waals surface area contributed by atoms with Gasteiger partial charge >= 0.3 is 5.97 Å². The maximum Gasteiger partial charge on any atom is 0.309 e. The maximum atomic E-state index is 12.4. The summed E-state index contributed by atoms with van der Waals surface area (Å²) < 4.78 is 15.2. The van der Waals surface area contributed by atoms with E-state index in [0.717, 1.165) is 11.1 Å². The van der Waals surface area contributed by atoms with Gasteiger partial charge in [0.05, 0.1) is 12.5 Å². The molecular weight excluding hydrogens is 524 g/mol. The Morgan fingerprint density at radius 3 is 2.05 bits per heavy atom. The number of hydrogen-bond donors (Lipinski definition) is 5. The number of aliphatic hydroxyl groups excluding tert-OH is 3. The Bertz CT molecular complexity index is 1070. The van der Waals surface area contributed by atoms with E-state index in [-0.39, 0.29) is 13.0 Å². The van der Waals surface area contributed by atoms with Crippen molar-refractivity contribution in [1.29, 1.82) is 0 Å². The van der Waals surface area contributed by atoms with E-state index < -0.39 is 60.9 Å². The molecule has 5 unspecified atom stereocenters. The zero-order valence-electron chi connectivity index (χ0n) is 22.3. The first-order valence-electron chi connectivity index (χ1n) is 12.6. The SMILES string of the molecule is CC(=O)NC1C(NC(=O)C[C@H](C)C(=O)OCc2ccccc2)OC(CO)C(O)C1O.O=COCc1ccccc1. The molecule has 2 amide bonds. The third-order valence-electron chi connectivity index (χ3n) is 5.88. The first kappa shape index (κ1) is 32.4. The minimum absolute atomic E-state index is 0.0875. The van der Waals surface area contributed by atoms with Crippen molar-refractivity contribution in [1.82, 2.24) is 10.6 Å². The fourth-order valence-corrected chi connectivity index (χ4v) is 3.79. The normalized spacial score (nSPS) is 22.5. The summed E-state index contributed by atoms with van der Waals surface area (Å²) in [5.41, 5.74) is 1.83. The van der Waals surface area contributed by atoms with E-state index >= 15 is 0 Å². The van der Waals surface area contributed by atoms with Crippen LogP contribution in [0.15, 0.2) is 60.7 Å². The van der Waals surface area contributed by atoms with Gasteiger partial charge in [-0.1, -0.05) is 67.6 Å². The molecule has 40 heavy (non-hydrogen) atoms. The summed E-state index contributed by atoms with van der Waals surface area (Å²) in [6.45, 7) is 3.05. The summed E-state index contributed by atoms with van der Waals surface area (Å²) in [7, 11) is 0. The molecule has 0 bridgehead atoms. The number of amides is 2. The highest BCUT2D eigenvalue weighted by molar-refractivity contribution is 5.83. The van der Waals surface area contributed by atoms with Gasteiger partial charge in [0.2, 0.25) is 11.8 Å². The van der Waals surface area contributed by atoms with Gasteiger partial charge in [0, 0.05) is 13.3 Å². The molecule has 2 aromatic rings. The summed E-state index contributed by atoms with van der Waals surface area (Å²) in [5, 5.41) is 34.4. The molecule has 1 aliphatic rings. The van der Waals surface area contributed by atoms with Crippen LogP contribution in [0.4, 0.5) is 0 Å². The fourth-order valence-electron chi connectivity index (χ4n) is 3.79. The average molecular weight is 561 g/mol. The predicted octanol–water partition coefficient (Wildman–Crippen LogP) is 0.176. The highest BCUT2D eigenvalue weighted by Crippen LogP contribution is 2.20. The van der Waals surface area contributed by atoms with Crippen LogP contribution in [0.3, 0.4) is 0 Å². The van der Waals surface area contributed by atoms with Crippen LogP contribution < -0.4 is 10.6 Å². The van der Waals surface area contributed by atoms with Gasteiger partial charge in [0.25, 0.3) is 6.47 Å². The van der Waals surface area contributed by atoms with Gasteiger partial charge in [-0.15, -0.1) is 0 Å². The standard InChI is InChI=1S/C20H28N2O8.C8H8O2/c1-11(20(28)29-10-13-6-4-3-5-7-13)8-15(25)22-19-16(21-12(2)24)18(27)17(26)14(9-23)30-19;9-7-10-6-8-4-2-1-3-5-8/h3-7,11,14,16-19,23,26-27H,8-10H2,1-2H3,(H,21,24)(H,22,25);1-5,7H,6H2/t11-,14?,16?,17?,18?,19?;/m0./s1. The lowest BCUT2D eigenvalue weighted by Crippen LogP contribution is -2.68. The van der Waals surface area contributed by atoms with Crippen molar-refractivity contribution in [3.8, 4) is 0 Å². The van der Waals surface area contributed by atoms with Crippen molar-refractivity contribution in [3.05, 3.63) is 71.8 Å². The largest absolute Gasteiger partial charge is 0.463 e. The molecule has 2 aromatic carbocycles. The lowest BCUT2D eigenvalue weighted by Gasteiger charge is -2.42. The number of aliphatic hydroxyl groups is 3. The number of ether oxygens (including phenoxy) is 3. The highest BCUT2D eigenvalue weighted by atomic mass is 16.5. The first-order valence-corrected chi connectivity index (χ1v) is 12.6. The number of benzene rings is 2. The smallest absolute Gasteiger partial charge is 0.309 e. The van der Waals surface area contributed by atoms with Crippen molar-refractivity contribution in [3.63, 3.8) is 0 Å². The van der Waals surface area contributed by atoms with Gasteiger partial charge in [0.1, 0.15) is 37.6 Å². The second kappa shape index (κ2) is 17.0. The molecule has 6 atom stereocenters. The van der Waals surface area contributed by atoms with Gasteiger partial charge in [-0.3, -0.25) is 19.2 Å². The van der Waals surface area contributed by atoms with E-state index in [9.17, 15) is 34.5 Å². The molecule has 12 heteroatoms. The lowest BCUT2D eigenvalue weighted by atomic mass is 9.95. The van der Waals surface area contributed by atoms with Crippen LogP contribution in [0.5, 0.6) is 0 Å². The van der Waals surface area contributed by atoms with E-state index in [4.69, 9.17) is 9.47 Å². The molecule has 0 aliphatic carbocycles. The van der Waals surface area contributed by atoms with Crippen molar-refractivity contribution in [2.24, 2.45) is 5.92 Å².